The maximum atomic E-state index is 12.7. The molecule has 0 radical (unpaired) electrons. The van der Waals surface area contributed by atoms with Crippen molar-refractivity contribution in [2.75, 3.05) is 13.2 Å². The number of esters is 3. The van der Waals surface area contributed by atoms with Crippen molar-refractivity contribution < 1.29 is 28.6 Å². The summed E-state index contributed by atoms with van der Waals surface area (Å²) in [6.45, 7) is 13.6. The predicted octanol–water partition coefficient (Wildman–Crippen LogP) is 14.0. The van der Waals surface area contributed by atoms with Crippen LogP contribution in [0.2, 0.25) is 0 Å². The summed E-state index contributed by atoms with van der Waals surface area (Å²) in [5.41, 5.74) is 0. The number of carbonyl (C=O) groups is 3. The minimum atomic E-state index is -0.762. The molecule has 6 nitrogen and oxygen atoms in total. The highest BCUT2D eigenvalue weighted by atomic mass is 16.6. The van der Waals surface area contributed by atoms with Crippen LogP contribution in [0.15, 0.2) is 0 Å². The molecule has 0 saturated heterocycles. The third-order valence-electron chi connectivity index (χ3n) is 10.5. The fourth-order valence-corrected chi connectivity index (χ4v) is 6.67. The van der Waals surface area contributed by atoms with Gasteiger partial charge in [0, 0.05) is 19.3 Å². The minimum absolute atomic E-state index is 0.0670. The highest BCUT2D eigenvalue weighted by Gasteiger charge is 2.19. The van der Waals surface area contributed by atoms with E-state index < -0.39 is 6.10 Å². The molecule has 2 atom stereocenters. The van der Waals surface area contributed by atoms with Gasteiger partial charge >= 0.3 is 17.9 Å². The second kappa shape index (κ2) is 37.7. The van der Waals surface area contributed by atoms with Crippen LogP contribution in [0.5, 0.6) is 0 Å². The van der Waals surface area contributed by atoms with Crippen LogP contribution in [0, 0.1) is 17.8 Å². The van der Waals surface area contributed by atoms with Crippen molar-refractivity contribution in [1.82, 2.24) is 0 Å². The molecule has 0 aromatic carbocycles. The molecule has 0 heterocycles. The zero-order valence-electron chi connectivity index (χ0n) is 35.6. The number of hydrogen-bond donors (Lipinski definition) is 0. The lowest BCUT2D eigenvalue weighted by Crippen LogP contribution is -2.30. The molecule has 0 aliphatic heterocycles. The molecule has 0 fully saturated rings. The van der Waals surface area contributed by atoms with Crippen molar-refractivity contribution in [2.24, 2.45) is 17.8 Å². The van der Waals surface area contributed by atoms with Crippen molar-refractivity contribution in [3.63, 3.8) is 0 Å². The van der Waals surface area contributed by atoms with Crippen LogP contribution >= 0.6 is 0 Å². The van der Waals surface area contributed by atoms with Gasteiger partial charge in [-0.05, 0) is 37.0 Å². The zero-order valence-corrected chi connectivity index (χ0v) is 35.6. The Morgan fingerprint density at radius 3 is 1.00 bits per heavy atom. The molecule has 6 heteroatoms. The monoisotopic (exact) mass is 737 g/mol. The van der Waals surface area contributed by atoms with E-state index in [4.69, 9.17) is 14.2 Å². The highest BCUT2D eigenvalue weighted by molar-refractivity contribution is 5.71. The van der Waals surface area contributed by atoms with E-state index in [9.17, 15) is 14.4 Å². The highest BCUT2D eigenvalue weighted by Crippen LogP contribution is 2.17. The quantitative estimate of drug-likeness (QED) is 0.0355. The first-order valence-electron chi connectivity index (χ1n) is 22.6. The summed E-state index contributed by atoms with van der Waals surface area (Å²) in [5.74, 6) is 1.57. The van der Waals surface area contributed by atoms with E-state index in [0.717, 1.165) is 75.5 Å². The summed E-state index contributed by atoms with van der Waals surface area (Å²) >= 11 is 0. The molecule has 0 rings (SSSR count). The number of carbonyl (C=O) groups excluding carboxylic acids is 3. The lowest BCUT2D eigenvalue weighted by Gasteiger charge is -2.18. The average Bonchev–Trinajstić information content (AvgIpc) is 3.11. The molecule has 52 heavy (non-hydrogen) atoms. The van der Waals surface area contributed by atoms with Crippen molar-refractivity contribution in [3.05, 3.63) is 0 Å². The maximum absolute atomic E-state index is 12.7. The predicted molar refractivity (Wildman–Crippen MR) is 219 cm³/mol. The lowest BCUT2D eigenvalue weighted by molar-refractivity contribution is -0.167. The Morgan fingerprint density at radius 1 is 0.385 bits per heavy atom. The Labute approximate surface area is 323 Å². The van der Waals surface area contributed by atoms with Gasteiger partial charge in [-0.15, -0.1) is 0 Å². The normalized spacial score (nSPS) is 12.7. The standard InChI is InChI=1S/C46H88O6/c1-7-42(6)34-28-22-16-11-12-18-25-31-37-46(49)52-43(39-51-45(48)36-30-24-19-13-15-21-27-33-41(4)5)38-50-44(47)35-29-23-17-10-8-9-14-20-26-32-40(2)3/h40-43H,7-39H2,1-6H3/t42?,43-/m1/s1. The van der Waals surface area contributed by atoms with Gasteiger partial charge in [-0.2, -0.15) is 0 Å². The summed E-state index contributed by atoms with van der Waals surface area (Å²) in [6.07, 6.45) is 33.8. The molecule has 0 aromatic rings. The molecule has 0 N–H and O–H groups in total. The van der Waals surface area contributed by atoms with Crippen LogP contribution in [-0.2, 0) is 28.6 Å². The van der Waals surface area contributed by atoms with Gasteiger partial charge in [-0.25, -0.2) is 0 Å². The first-order chi connectivity index (χ1) is 25.1. The van der Waals surface area contributed by atoms with E-state index in [1.54, 1.807) is 0 Å². The van der Waals surface area contributed by atoms with Crippen LogP contribution in [0.3, 0.4) is 0 Å². The number of ether oxygens (including phenoxy) is 3. The van der Waals surface area contributed by atoms with E-state index in [2.05, 4.69) is 41.5 Å². The van der Waals surface area contributed by atoms with E-state index in [1.165, 1.54) is 122 Å². The molecule has 0 spiro atoms. The topological polar surface area (TPSA) is 78.9 Å². The minimum Gasteiger partial charge on any atom is -0.462 e. The molecule has 0 aromatic heterocycles. The third kappa shape index (κ3) is 38.1. The second-order valence-electron chi connectivity index (χ2n) is 16.9. The van der Waals surface area contributed by atoms with Crippen LogP contribution in [0.1, 0.15) is 241 Å². The SMILES string of the molecule is CCC(C)CCCCCCCCCCC(=O)O[C@H](COC(=O)CCCCCCCCCCCC(C)C)COC(=O)CCCCCCCCCC(C)C. The van der Waals surface area contributed by atoms with Crippen molar-refractivity contribution in [3.8, 4) is 0 Å². The van der Waals surface area contributed by atoms with Gasteiger partial charge in [-0.1, -0.05) is 202 Å². The Morgan fingerprint density at radius 2 is 0.673 bits per heavy atom. The summed E-state index contributed by atoms with van der Waals surface area (Å²) in [5, 5.41) is 0. The fourth-order valence-electron chi connectivity index (χ4n) is 6.67. The molecular weight excluding hydrogens is 648 g/mol. The van der Waals surface area contributed by atoms with E-state index in [-0.39, 0.29) is 31.1 Å². The smallest absolute Gasteiger partial charge is 0.306 e. The average molecular weight is 737 g/mol. The van der Waals surface area contributed by atoms with Crippen LogP contribution in [0.4, 0.5) is 0 Å². The molecule has 0 aliphatic carbocycles. The summed E-state index contributed by atoms with van der Waals surface area (Å²) in [6, 6.07) is 0. The zero-order chi connectivity index (χ0) is 38.5. The number of unbranched alkanes of at least 4 members (excludes halogenated alkanes) is 21. The van der Waals surface area contributed by atoms with Gasteiger partial charge in [0.2, 0.25) is 0 Å². The van der Waals surface area contributed by atoms with Gasteiger partial charge in [0.05, 0.1) is 0 Å². The van der Waals surface area contributed by atoms with Gasteiger partial charge < -0.3 is 14.2 Å². The molecule has 0 amide bonds. The number of rotatable bonds is 39. The van der Waals surface area contributed by atoms with Gasteiger partial charge in [0.1, 0.15) is 13.2 Å². The Bertz CT molecular complexity index is 809. The Hall–Kier alpha value is -1.59. The molecule has 1 unspecified atom stereocenters. The summed E-state index contributed by atoms with van der Waals surface area (Å²) in [4.78, 5) is 37.7. The van der Waals surface area contributed by atoms with Crippen LogP contribution < -0.4 is 0 Å². The van der Waals surface area contributed by atoms with Crippen molar-refractivity contribution in [1.29, 1.82) is 0 Å². The van der Waals surface area contributed by atoms with Gasteiger partial charge in [-0.3, -0.25) is 14.4 Å². The first kappa shape index (κ1) is 50.4. The third-order valence-corrected chi connectivity index (χ3v) is 10.5. The van der Waals surface area contributed by atoms with Gasteiger partial charge in [0.25, 0.3) is 0 Å². The maximum Gasteiger partial charge on any atom is 0.306 e. The fraction of sp³-hybridized carbons (Fsp3) is 0.935. The largest absolute Gasteiger partial charge is 0.462 e. The van der Waals surface area contributed by atoms with Gasteiger partial charge in [0.15, 0.2) is 6.10 Å². The Balaban J connectivity index is 4.36. The number of hydrogen-bond acceptors (Lipinski definition) is 6. The molecule has 0 saturated carbocycles. The lowest BCUT2D eigenvalue weighted by atomic mass is 9.99. The molecule has 308 valence electrons. The van der Waals surface area contributed by atoms with Crippen molar-refractivity contribution >= 4 is 17.9 Å². The van der Waals surface area contributed by atoms with Crippen molar-refractivity contribution in [2.45, 2.75) is 247 Å². The van der Waals surface area contributed by atoms with E-state index in [1.807, 2.05) is 0 Å². The Kier molecular flexibility index (Phi) is 36.6. The van der Waals surface area contributed by atoms with Crippen LogP contribution in [-0.4, -0.2) is 37.2 Å². The molecular formula is C46H88O6. The second-order valence-corrected chi connectivity index (χ2v) is 16.9. The van der Waals surface area contributed by atoms with Crippen LogP contribution in [0.25, 0.3) is 0 Å². The summed E-state index contributed by atoms with van der Waals surface area (Å²) in [7, 11) is 0. The first-order valence-corrected chi connectivity index (χ1v) is 22.6. The molecule has 0 aliphatic rings. The summed E-state index contributed by atoms with van der Waals surface area (Å²) < 4.78 is 16.7. The van der Waals surface area contributed by atoms with E-state index in [0.29, 0.717) is 19.3 Å². The molecule has 0 bridgehead atoms. The van der Waals surface area contributed by atoms with E-state index >= 15 is 0 Å².